The van der Waals surface area contributed by atoms with E-state index < -0.39 is 5.69 Å². The largest absolute Gasteiger partial charge is 0.379 e. The Hall–Kier alpha value is -1.73. The fraction of sp³-hybridized carbons (Fsp3) is 0.722. The van der Waals surface area contributed by atoms with Crippen molar-refractivity contribution in [1.29, 1.82) is 0 Å². The molecule has 1 saturated carbocycles. The van der Waals surface area contributed by atoms with Gasteiger partial charge in [0.25, 0.3) is 5.91 Å². The van der Waals surface area contributed by atoms with E-state index in [4.69, 9.17) is 9.47 Å². The molecule has 3 rings (SSSR count). The zero-order chi connectivity index (χ0) is 17.8. The minimum Gasteiger partial charge on any atom is -0.379 e. The number of aromatic nitrogens is 2. The quantitative estimate of drug-likeness (QED) is 0.773. The lowest BCUT2D eigenvalue weighted by molar-refractivity contribution is -0.0567. The van der Waals surface area contributed by atoms with E-state index in [1.165, 1.54) is 12.8 Å². The number of ether oxygens (including phenoxy) is 2. The van der Waals surface area contributed by atoms with Gasteiger partial charge in [0.05, 0.1) is 18.8 Å². The lowest BCUT2D eigenvalue weighted by Crippen LogP contribution is -2.51. The predicted octanol–water partition coefficient (Wildman–Crippen LogP) is 1.28. The molecular weight excluding hydrogens is 322 g/mol. The first-order valence-corrected chi connectivity index (χ1v) is 9.11. The van der Waals surface area contributed by atoms with E-state index in [1.54, 1.807) is 6.07 Å². The van der Waals surface area contributed by atoms with E-state index in [2.05, 4.69) is 29.1 Å². The summed E-state index contributed by atoms with van der Waals surface area (Å²) in [4.78, 5) is 30.8. The molecule has 7 nitrogen and oxygen atoms in total. The van der Waals surface area contributed by atoms with Crippen LogP contribution >= 0.6 is 0 Å². The van der Waals surface area contributed by atoms with Gasteiger partial charge in [-0.15, -0.1) is 0 Å². The summed E-state index contributed by atoms with van der Waals surface area (Å²) >= 11 is 0. The fourth-order valence-corrected chi connectivity index (χ4v) is 3.01. The topological polar surface area (TPSA) is 93.3 Å². The molecule has 0 bridgehead atoms. The van der Waals surface area contributed by atoms with Crippen LogP contribution in [-0.2, 0) is 15.9 Å². The number of rotatable bonds is 7. The Morgan fingerprint density at radius 1 is 1.44 bits per heavy atom. The van der Waals surface area contributed by atoms with Crippen molar-refractivity contribution in [2.75, 3.05) is 19.8 Å². The number of hydrogen-bond donors (Lipinski definition) is 2. The second-order valence-electron chi connectivity index (χ2n) is 7.45. The standard InChI is InChI=1S/C18H27N3O4/c1-11(2)7-13-8-14(21-18(23)19-13)17(22)20-15-10-24-6-5-16(15)25-9-12-3-4-12/h8,11-12,15-16H,3-7,9-10H2,1-2H3,(H,20,22)(H,19,21,23)/t15-,16+/m1/s1. The summed E-state index contributed by atoms with van der Waals surface area (Å²) in [5.41, 5.74) is 0.372. The summed E-state index contributed by atoms with van der Waals surface area (Å²) in [6.07, 6.45) is 3.87. The number of nitrogens with zero attached hydrogens (tertiary/aromatic N) is 1. The maximum Gasteiger partial charge on any atom is 0.345 e. The Kier molecular flexibility index (Phi) is 5.86. The number of H-pyrrole nitrogens is 1. The highest BCUT2D eigenvalue weighted by atomic mass is 16.5. The maximum absolute atomic E-state index is 12.6. The van der Waals surface area contributed by atoms with E-state index in [1.807, 2.05) is 0 Å². The summed E-state index contributed by atoms with van der Waals surface area (Å²) in [6, 6.07) is 1.44. The second kappa shape index (κ2) is 8.10. The number of carbonyl (C=O) groups is 1. The van der Waals surface area contributed by atoms with Crippen molar-refractivity contribution in [3.8, 4) is 0 Å². The Morgan fingerprint density at radius 3 is 2.96 bits per heavy atom. The van der Waals surface area contributed by atoms with Gasteiger partial charge >= 0.3 is 5.69 Å². The minimum atomic E-state index is -0.496. The van der Waals surface area contributed by atoms with E-state index in [-0.39, 0.29) is 23.7 Å². The molecule has 0 radical (unpaired) electrons. The molecule has 0 aromatic carbocycles. The molecule has 2 fully saturated rings. The van der Waals surface area contributed by atoms with Crippen molar-refractivity contribution in [1.82, 2.24) is 15.3 Å². The molecule has 1 aromatic heterocycles. The highest BCUT2D eigenvalue weighted by Crippen LogP contribution is 2.30. The first kappa shape index (κ1) is 18.1. The average molecular weight is 349 g/mol. The molecular formula is C18H27N3O4. The van der Waals surface area contributed by atoms with E-state index in [0.29, 0.717) is 31.5 Å². The van der Waals surface area contributed by atoms with Crippen molar-refractivity contribution in [3.05, 3.63) is 27.9 Å². The molecule has 7 heteroatoms. The molecule has 2 heterocycles. The predicted molar refractivity (Wildman–Crippen MR) is 92.6 cm³/mol. The van der Waals surface area contributed by atoms with Crippen LogP contribution < -0.4 is 11.0 Å². The van der Waals surface area contributed by atoms with Crippen molar-refractivity contribution in [3.63, 3.8) is 0 Å². The van der Waals surface area contributed by atoms with Gasteiger partial charge in [0.1, 0.15) is 5.69 Å². The van der Waals surface area contributed by atoms with E-state index in [9.17, 15) is 9.59 Å². The van der Waals surface area contributed by atoms with Crippen molar-refractivity contribution in [2.24, 2.45) is 11.8 Å². The highest BCUT2D eigenvalue weighted by Gasteiger charge is 2.31. The van der Waals surface area contributed by atoms with Gasteiger partial charge in [-0.3, -0.25) is 4.79 Å². The lowest BCUT2D eigenvalue weighted by atomic mass is 10.1. The van der Waals surface area contributed by atoms with Crippen LogP contribution in [0, 0.1) is 11.8 Å². The van der Waals surface area contributed by atoms with Crippen LogP contribution in [0.25, 0.3) is 0 Å². The third kappa shape index (κ3) is 5.37. The van der Waals surface area contributed by atoms with Gasteiger partial charge in [-0.2, -0.15) is 4.98 Å². The second-order valence-corrected chi connectivity index (χ2v) is 7.45. The molecule has 0 spiro atoms. The van der Waals surface area contributed by atoms with Gasteiger partial charge in [-0.25, -0.2) is 4.79 Å². The number of amides is 1. The third-order valence-corrected chi connectivity index (χ3v) is 4.51. The van der Waals surface area contributed by atoms with Gasteiger partial charge in [0.2, 0.25) is 0 Å². The van der Waals surface area contributed by atoms with Crippen LogP contribution in [0.4, 0.5) is 0 Å². The van der Waals surface area contributed by atoms with Crippen LogP contribution in [0.3, 0.4) is 0 Å². The average Bonchev–Trinajstić information content (AvgIpc) is 3.37. The van der Waals surface area contributed by atoms with Crippen molar-refractivity contribution < 1.29 is 14.3 Å². The number of aromatic amines is 1. The molecule has 0 unspecified atom stereocenters. The SMILES string of the molecule is CC(C)Cc1cc(C(=O)N[C@@H]2COCC[C@@H]2OCC2CC2)nc(=O)[nH]1. The molecule has 2 atom stereocenters. The number of hydrogen-bond acceptors (Lipinski definition) is 5. The van der Waals surface area contributed by atoms with Gasteiger partial charge in [-0.05, 0) is 43.6 Å². The molecule has 138 valence electrons. The molecule has 1 aliphatic carbocycles. The summed E-state index contributed by atoms with van der Waals surface area (Å²) in [5, 5.41) is 2.93. The van der Waals surface area contributed by atoms with E-state index in [0.717, 1.165) is 18.7 Å². The number of nitrogens with one attached hydrogen (secondary N) is 2. The van der Waals surface area contributed by atoms with E-state index >= 15 is 0 Å². The highest BCUT2D eigenvalue weighted by molar-refractivity contribution is 5.92. The summed E-state index contributed by atoms with van der Waals surface area (Å²) in [7, 11) is 0. The van der Waals surface area contributed by atoms with Gasteiger partial charge in [-0.1, -0.05) is 13.8 Å². The summed E-state index contributed by atoms with van der Waals surface area (Å²) < 4.78 is 11.5. The number of carbonyl (C=O) groups excluding carboxylic acids is 1. The molecule has 1 amide bonds. The van der Waals surface area contributed by atoms with Crippen LogP contribution in [-0.4, -0.2) is 47.8 Å². The maximum atomic E-state index is 12.6. The first-order valence-electron chi connectivity index (χ1n) is 9.11. The Bertz CT molecular complexity index is 654. The van der Waals surface area contributed by atoms with Crippen molar-refractivity contribution >= 4 is 5.91 Å². The Morgan fingerprint density at radius 2 is 2.24 bits per heavy atom. The monoisotopic (exact) mass is 349 g/mol. The zero-order valence-corrected chi connectivity index (χ0v) is 14.9. The lowest BCUT2D eigenvalue weighted by Gasteiger charge is -2.32. The first-order chi connectivity index (χ1) is 12.0. The van der Waals surface area contributed by atoms with Crippen LogP contribution in [0.1, 0.15) is 49.3 Å². The Balaban J connectivity index is 1.64. The fourth-order valence-electron chi connectivity index (χ4n) is 3.01. The molecule has 1 aromatic rings. The molecule has 2 aliphatic rings. The zero-order valence-electron chi connectivity index (χ0n) is 14.9. The molecule has 2 N–H and O–H groups in total. The molecule has 25 heavy (non-hydrogen) atoms. The van der Waals surface area contributed by atoms with Crippen LogP contribution in [0.5, 0.6) is 0 Å². The Labute approximate surface area is 147 Å². The smallest absolute Gasteiger partial charge is 0.345 e. The summed E-state index contributed by atoms with van der Waals surface area (Å²) in [5.74, 6) is 0.694. The summed E-state index contributed by atoms with van der Waals surface area (Å²) in [6.45, 7) is 5.92. The molecule has 1 aliphatic heterocycles. The van der Waals surface area contributed by atoms with Crippen molar-refractivity contribution in [2.45, 2.75) is 51.7 Å². The van der Waals surface area contributed by atoms with Crippen LogP contribution in [0.2, 0.25) is 0 Å². The third-order valence-electron chi connectivity index (χ3n) is 4.51. The molecule has 1 saturated heterocycles. The normalized spacial score (nSPS) is 23.6. The van der Waals surface area contributed by atoms with Gasteiger partial charge < -0.3 is 19.8 Å². The van der Waals surface area contributed by atoms with Crippen LogP contribution in [0.15, 0.2) is 10.9 Å². The van der Waals surface area contributed by atoms with Gasteiger partial charge in [0.15, 0.2) is 0 Å². The van der Waals surface area contributed by atoms with Gasteiger partial charge in [0, 0.05) is 18.9 Å². The minimum absolute atomic E-state index is 0.0459.